The molecular formula is C14H16F2N2O2. The lowest BCUT2D eigenvalue weighted by Crippen LogP contribution is -2.05. The Hall–Kier alpha value is -1.95. The lowest BCUT2D eigenvalue weighted by atomic mass is 10.2. The van der Waals surface area contributed by atoms with Crippen LogP contribution in [0.1, 0.15) is 23.9 Å². The molecule has 6 heteroatoms. The van der Waals surface area contributed by atoms with Crippen LogP contribution < -0.4 is 4.74 Å². The number of hydrogen-bond acceptors (Lipinski definition) is 3. The van der Waals surface area contributed by atoms with Gasteiger partial charge in [0.1, 0.15) is 6.61 Å². The van der Waals surface area contributed by atoms with Gasteiger partial charge in [-0.15, -0.1) is 0 Å². The fourth-order valence-electron chi connectivity index (χ4n) is 1.87. The van der Waals surface area contributed by atoms with Gasteiger partial charge in [0.05, 0.1) is 18.0 Å². The molecular weight excluding hydrogens is 266 g/mol. The summed E-state index contributed by atoms with van der Waals surface area (Å²) in [6.07, 6.45) is 0.780. The van der Waals surface area contributed by atoms with Gasteiger partial charge in [-0.3, -0.25) is 4.68 Å². The second-order valence-corrected chi connectivity index (χ2v) is 4.44. The van der Waals surface area contributed by atoms with E-state index >= 15 is 0 Å². The average Bonchev–Trinajstić information content (AvgIpc) is 2.78. The van der Waals surface area contributed by atoms with Crippen LogP contribution in [0.2, 0.25) is 0 Å². The topological polar surface area (TPSA) is 47.3 Å². The Labute approximate surface area is 115 Å². The summed E-state index contributed by atoms with van der Waals surface area (Å²) in [6.45, 7) is 1.57. The maximum Gasteiger partial charge on any atom is 0.191 e. The summed E-state index contributed by atoms with van der Waals surface area (Å²) in [5.41, 5.74) is 1.79. The van der Waals surface area contributed by atoms with Gasteiger partial charge in [0.2, 0.25) is 0 Å². The summed E-state index contributed by atoms with van der Waals surface area (Å²) in [5, 5.41) is 13.1. The van der Waals surface area contributed by atoms with Gasteiger partial charge in [-0.2, -0.15) is 5.10 Å². The quantitative estimate of drug-likeness (QED) is 0.915. The number of aromatic nitrogens is 2. The summed E-state index contributed by atoms with van der Waals surface area (Å²) in [5.74, 6) is -2.10. The lowest BCUT2D eigenvalue weighted by molar-refractivity contribution is 0.260. The fourth-order valence-corrected chi connectivity index (χ4v) is 1.87. The molecule has 0 fully saturated rings. The number of hydrogen-bond donors (Lipinski definition) is 1. The van der Waals surface area contributed by atoms with E-state index in [0.29, 0.717) is 0 Å². The molecule has 0 aliphatic heterocycles. The number of rotatable bonds is 5. The van der Waals surface area contributed by atoms with E-state index in [1.807, 2.05) is 13.0 Å². The van der Waals surface area contributed by atoms with Gasteiger partial charge in [-0.05, 0) is 30.2 Å². The van der Waals surface area contributed by atoms with Crippen LogP contribution in [0.3, 0.4) is 0 Å². The van der Waals surface area contributed by atoms with Crippen LogP contribution in [-0.2, 0) is 26.7 Å². The van der Waals surface area contributed by atoms with Crippen molar-refractivity contribution in [1.82, 2.24) is 9.78 Å². The van der Waals surface area contributed by atoms with Gasteiger partial charge in [0.25, 0.3) is 0 Å². The Morgan fingerprint density at radius 2 is 1.90 bits per heavy atom. The molecule has 4 nitrogen and oxygen atoms in total. The largest absolute Gasteiger partial charge is 0.481 e. The molecule has 0 atom stereocenters. The molecule has 108 valence electrons. The molecule has 1 heterocycles. The molecule has 0 aliphatic rings. The van der Waals surface area contributed by atoms with Crippen LogP contribution in [0.5, 0.6) is 5.75 Å². The normalized spacial score (nSPS) is 10.8. The highest BCUT2D eigenvalue weighted by Crippen LogP contribution is 2.24. The van der Waals surface area contributed by atoms with Gasteiger partial charge >= 0.3 is 0 Å². The molecule has 0 aliphatic carbocycles. The van der Waals surface area contributed by atoms with Crippen molar-refractivity contribution in [3.8, 4) is 5.75 Å². The van der Waals surface area contributed by atoms with Gasteiger partial charge in [0, 0.05) is 7.05 Å². The van der Waals surface area contributed by atoms with Gasteiger partial charge in [-0.25, -0.2) is 8.78 Å². The van der Waals surface area contributed by atoms with Crippen molar-refractivity contribution in [2.75, 3.05) is 0 Å². The van der Waals surface area contributed by atoms with E-state index in [-0.39, 0.29) is 12.2 Å². The van der Waals surface area contributed by atoms with Crippen molar-refractivity contribution in [3.05, 3.63) is 46.8 Å². The number of aliphatic hydroxyl groups is 1. The van der Waals surface area contributed by atoms with Crippen molar-refractivity contribution in [2.24, 2.45) is 7.05 Å². The van der Waals surface area contributed by atoms with Crippen LogP contribution in [0.15, 0.2) is 18.2 Å². The van der Waals surface area contributed by atoms with E-state index in [2.05, 4.69) is 5.10 Å². The lowest BCUT2D eigenvalue weighted by Gasteiger charge is -2.09. The summed E-state index contributed by atoms with van der Waals surface area (Å²) >= 11 is 0. The monoisotopic (exact) mass is 282 g/mol. The van der Waals surface area contributed by atoms with Crippen molar-refractivity contribution >= 4 is 0 Å². The maximum absolute atomic E-state index is 13.7. The van der Waals surface area contributed by atoms with E-state index < -0.39 is 24.0 Å². The predicted molar refractivity (Wildman–Crippen MR) is 69.2 cm³/mol. The number of halogens is 2. The van der Waals surface area contributed by atoms with Crippen LogP contribution in [0.4, 0.5) is 8.78 Å². The van der Waals surface area contributed by atoms with E-state index in [4.69, 9.17) is 9.84 Å². The van der Waals surface area contributed by atoms with Crippen LogP contribution in [0, 0.1) is 11.6 Å². The molecule has 1 aromatic heterocycles. The van der Waals surface area contributed by atoms with Gasteiger partial charge in [0.15, 0.2) is 17.4 Å². The van der Waals surface area contributed by atoms with Crippen molar-refractivity contribution in [1.29, 1.82) is 0 Å². The van der Waals surface area contributed by atoms with Crippen LogP contribution >= 0.6 is 0 Å². The van der Waals surface area contributed by atoms with Crippen molar-refractivity contribution in [2.45, 2.75) is 26.6 Å². The highest BCUT2D eigenvalue weighted by Gasteiger charge is 2.14. The highest BCUT2D eigenvalue weighted by atomic mass is 19.1. The Balaban J connectivity index is 2.16. The average molecular weight is 282 g/mol. The predicted octanol–water partition coefficient (Wildman–Crippen LogP) is 2.33. The molecule has 0 saturated heterocycles. The van der Waals surface area contributed by atoms with E-state index in [0.717, 1.165) is 29.9 Å². The first kappa shape index (κ1) is 14.5. The number of nitrogens with zero attached hydrogens (tertiary/aromatic N) is 2. The van der Waals surface area contributed by atoms with Crippen molar-refractivity contribution in [3.63, 3.8) is 0 Å². The first-order valence-corrected chi connectivity index (χ1v) is 6.28. The molecule has 0 radical (unpaired) electrons. The molecule has 0 unspecified atom stereocenters. The van der Waals surface area contributed by atoms with Gasteiger partial charge < -0.3 is 9.84 Å². The van der Waals surface area contributed by atoms with E-state index in [1.165, 1.54) is 0 Å². The number of aliphatic hydroxyl groups excluding tert-OH is 1. The molecule has 0 amide bonds. The summed E-state index contributed by atoms with van der Waals surface area (Å²) in [7, 11) is 1.75. The zero-order valence-corrected chi connectivity index (χ0v) is 11.4. The summed E-state index contributed by atoms with van der Waals surface area (Å²) in [6, 6.07) is 3.94. The molecule has 1 aromatic carbocycles. The Bertz CT molecular complexity index is 588. The minimum absolute atomic E-state index is 0.0236. The minimum atomic E-state index is -0.827. The van der Waals surface area contributed by atoms with Crippen molar-refractivity contribution < 1.29 is 18.6 Å². The number of ether oxygens (including phenoxy) is 1. The third-order valence-corrected chi connectivity index (χ3v) is 2.99. The molecule has 0 bridgehead atoms. The molecule has 2 rings (SSSR count). The molecule has 20 heavy (non-hydrogen) atoms. The first-order chi connectivity index (χ1) is 9.55. The molecule has 2 aromatic rings. The third-order valence-electron chi connectivity index (χ3n) is 2.99. The molecule has 0 saturated carbocycles. The maximum atomic E-state index is 13.7. The standard InChI is InChI=1S/C14H16F2N2O2/c1-3-10-6-11(18(2)17-10)8-20-14-12(15)4-9(7-19)5-13(14)16/h4-6,19H,3,7-8H2,1-2H3. The minimum Gasteiger partial charge on any atom is -0.481 e. The zero-order valence-electron chi connectivity index (χ0n) is 11.4. The summed E-state index contributed by atoms with van der Waals surface area (Å²) < 4.78 is 34.2. The molecule has 0 spiro atoms. The Kier molecular flexibility index (Phi) is 4.34. The second kappa shape index (κ2) is 6.00. The SMILES string of the molecule is CCc1cc(COc2c(F)cc(CO)cc2F)n(C)n1. The second-order valence-electron chi connectivity index (χ2n) is 4.44. The van der Waals surface area contributed by atoms with E-state index in [9.17, 15) is 8.78 Å². The fraction of sp³-hybridized carbons (Fsp3) is 0.357. The molecule has 1 N–H and O–H groups in total. The van der Waals surface area contributed by atoms with Gasteiger partial charge in [-0.1, -0.05) is 6.92 Å². The zero-order chi connectivity index (χ0) is 14.7. The smallest absolute Gasteiger partial charge is 0.191 e. The Morgan fingerprint density at radius 1 is 1.25 bits per heavy atom. The van der Waals surface area contributed by atoms with E-state index in [1.54, 1.807) is 11.7 Å². The van der Waals surface area contributed by atoms with Crippen LogP contribution in [0.25, 0.3) is 0 Å². The third kappa shape index (κ3) is 2.96. The van der Waals surface area contributed by atoms with Crippen LogP contribution in [-0.4, -0.2) is 14.9 Å². The number of benzene rings is 1. The summed E-state index contributed by atoms with van der Waals surface area (Å²) in [4.78, 5) is 0. The Morgan fingerprint density at radius 3 is 2.40 bits per heavy atom. The highest BCUT2D eigenvalue weighted by molar-refractivity contribution is 5.31. The first-order valence-electron chi connectivity index (χ1n) is 6.28. The number of aryl methyl sites for hydroxylation is 2.